The molecule has 0 atom stereocenters. The van der Waals surface area contributed by atoms with E-state index in [-0.39, 0.29) is 5.75 Å². The number of carbonyl (C=O) groups is 1. The van der Waals surface area contributed by atoms with Crippen LogP contribution in [0.15, 0.2) is 18.2 Å². The van der Waals surface area contributed by atoms with Gasteiger partial charge in [0.05, 0.1) is 7.11 Å². The molecule has 0 heterocycles. The van der Waals surface area contributed by atoms with E-state index < -0.39 is 20.6 Å². The van der Waals surface area contributed by atoms with Crippen molar-refractivity contribution in [1.29, 1.82) is 0 Å². The molecule has 1 aromatic carbocycles. The molecule has 0 radical (unpaired) electrons. The Morgan fingerprint density at radius 2 is 1.48 bits per heavy atom. The van der Waals surface area contributed by atoms with E-state index in [1.54, 1.807) is 0 Å². The van der Waals surface area contributed by atoms with Crippen LogP contribution in [0, 0.1) is 0 Å². The standard InChI is InChI=1S/C8H8O3.2H3NO3S/c1-11-8-4-6(5-9)2-3-7(8)10;2*1-5(2,3)4/h2-5,10H,1H3;2*(H3,1,2,3,4). The van der Waals surface area contributed by atoms with Crippen LogP contribution in [-0.4, -0.2) is 44.4 Å². The summed E-state index contributed by atoms with van der Waals surface area (Å²) in [6.07, 6.45) is 0.696. The monoisotopic (exact) mass is 346 g/mol. The second-order valence-corrected chi connectivity index (χ2v) is 5.14. The number of rotatable bonds is 2. The predicted molar refractivity (Wildman–Crippen MR) is 71.5 cm³/mol. The zero-order valence-corrected chi connectivity index (χ0v) is 12.2. The number of carbonyl (C=O) groups excluding carboxylic acids is 1. The van der Waals surface area contributed by atoms with Crippen LogP contribution in [0.1, 0.15) is 10.4 Å². The third kappa shape index (κ3) is 20.7. The van der Waals surface area contributed by atoms with Crippen LogP contribution < -0.4 is 15.0 Å². The Morgan fingerprint density at radius 3 is 1.76 bits per heavy atom. The normalized spacial score (nSPS) is 10.3. The Kier molecular flexibility index (Phi) is 9.45. The zero-order chi connectivity index (χ0) is 17.3. The van der Waals surface area contributed by atoms with E-state index in [1.807, 2.05) is 0 Å². The molecule has 7 N–H and O–H groups in total. The molecule has 0 amide bonds. The number of aromatic hydroxyl groups is 1. The lowest BCUT2D eigenvalue weighted by Gasteiger charge is -2.01. The maximum absolute atomic E-state index is 10.2. The highest BCUT2D eigenvalue weighted by Crippen LogP contribution is 2.25. The van der Waals surface area contributed by atoms with Gasteiger partial charge in [0.25, 0.3) is 0 Å². The molecule has 122 valence electrons. The fourth-order valence-corrected chi connectivity index (χ4v) is 0.768. The van der Waals surface area contributed by atoms with Gasteiger partial charge in [0.2, 0.25) is 0 Å². The minimum atomic E-state index is -4.17. The molecule has 0 aliphatic rings. The average molecular weight is 346 g/mol. The second kappa shape index (κ2) is 9.22. The molecule has 0 aromatic heterocycles. The Balaban J connectivity index is 0. The first kappa shape index (κ1) is 21.5. The van der Waals surface area contributed by atoms with Crippen molar-refractivity contribution in [3.63, 3.8) is 0 Å². The fraction of sp³-hybridized carbons (Fsp3) is 0.125. The van der Waals surface area contributed by atoms with Gasteiger partial charge < -0.3 is 9.84 Å². The number of ether oxygens (including phenoxy) is 1. The number of phenolic OH excluding ortho intramolecular Hbond substituents is 1. The molecule has 0 aliphatic carbocycles. The minimum absolute atomic E-state index is 0.0399. The van der Waals surface area contributed by atoms with Crippen molar-refractivity contribution in [3.05, 3.63) is 23.8 Å². The summed E-state index contributed by atoms with van der Waals surface area (Å²) in [4.78, 5) is 10.2. The number of hydrogen-bond donors (Lipinski definition) is 5. The van der Waals surface area contributed by atoms with Crippen molar-refractivity contribution in [2.24, 2.45) is 10.3 Å². The highest BCUT2D eigenvalue weighted by atomic mass is 32.2. The van der Waals surface area contributed by atoms with Gasteiger partial charge in [0.15, 0.2) is 11.5 Å². The van der Waals surface area contributed by atoms with Gasteiger partial charge in [-0.15, -0.1) is 0 Å². The summed E-state index contributed by atoms with van der Waals surface area (Å²) in [5, 5.41) is 16.9. The van der Waals surface area contributed by atoms with Gasteiger partial charge in [0, 0.05) is 5.56 Å². The minimum Gasteiger partial charge on any atom is -0.504 e. The molecule has 0 aliphatic heterocycles. The van der Waals surface area contributed by atoms with Crippen LogP contribution in [0.5, 0.6) is 11.5 Å². The Morgan fingerprint density at radius 1 is 1.10 bits per heavy atom. The van der Waals surface area contributed by atoms with Crippen molar-refractivity contribution >= 4 is 26.9 Å². The molecule has 13 heteroatoms. The summed E-state index contributed by atoms with van der Waals surface area (Å²) >= 11 is 0. The van der Waals surface area contributed by atoms with Crippen molar-refractivity contribution in [2.45, 2.75) is 0 Å². The molecule has 0 unspecified atom stereocenters. The topological polar surface area (TPSA) is 207 Å². The van der Waals surface area contributed by atoms with Gasteiger partial charge in [-0.05, 0) is 18.2 Å². The van der Waals surface area contributed by atoms with E-state index in [0.29, 0.717) is 17.6 Å². The van der Waals surface area contributed by atoms with Crippen LogP contribution >= 0.6 is 0 Å². The van der Waals surface area contributed by atoms with Crippen molar-refractivity contribution in [1.82, 2.24) is 0 Å². The van der Waals surface area contributed by atoms with Gasteiger partial charge in [-0.2, -0.15) is 16.8 Å². The molecular weight excluding hydrogens is 332 g/mol. The summed E-state index contributed by atoms with van der Waals surface area (Å²) < 4.78 is 55.2. The molecular formula is C8H14N2O9S2. The Bertz CT molecular complexity index is 608. The molecule has 0 bridgehead atoms. The number of nitrogens with two attached hydrogens (primary N) is 2. The van der Waals surface area contributed by atoms with Crippen molar-refractivity contribution < 1.29 is 40.6 Å². The number of methoxy groups -OCH3 is 1. The van der Waals surface area contributed by atoms with Crippen LogP contribution in [0.25, 0.3) is 0 Å². The molecule has 0 saturated heterocycles. The summed E-state index contributed by atoms with van der Waals surface area (Å²) in [5.41, 5.74) is 0.486. The SMILES string of the molecule is COc1cc(C=O)ccc1O.NS(=O)(=O)O.NS(=O)(=O)O. The number of benzene rings is 1. The van der Waals surface area contributed by atoms with Gasteiger partial charge in [-0.1, -0.05) is 0 Å². The van der Waals surface area contributed by atoms with E-state index >= 15 is 0 Å². The Hall–Kier alpha value is -1.77. The third-order valence-corrected chi connectivity index (χ3v) is 1.34. The summed E-state index contributed by atoms with van der Waals surface area (Å²) in [6, 6.07) is 4.41. The lowest BCUT2D eigenvalue weighted by molar-refractivity contribution is 0.112. The van der Waals surface area contributed by atoms with Crippen molar-refractivity contribution in [2.75, 3.05) is 7.11 Å². The Labute approximate surface area is 120 Å². The van der Waals surface area contributed by atoms with E-state index in [2.05, 4.69) is 10.3 Å². The molecule has 0 saturated carbocycles. The number of aldehydes is 1. The summed E-state index contributed by atoms with van der Waals surface area (Å²) in [7, 11) is -6.90. The average Bonchev–Trinajstić information content (AvgIpc) is 2.25. The maximum atomic E-state index is 10.2. The highest BCUT2D eigenvalue weighted by Gasteiger charge is 2.00. The molecule has 1 rings (SSSR count). The molecule has 0 spiro atoms. The molecule has 1 aromatic rings. The van der Waals surface area contributed by atoms with Gasteiger partial charge in [-0.3, -0.25) is 13.9 Å². The first-order valence-corrected chi connectivity index (χ1v) is 7.61. The quantitative estimate of drug-likeness (QED) is 0.318. The molecule has 21 heavy (non-hydrogen) atoms. The smallest absolute Gasteiger partial charge is 0.330 e. The van der Waals surface area contributed by atoms with Crippen molar-refractivity contribution in [3.8, 4) is 11.5 Å². The third-order valence-electron chi connectivity index (χ3n) is 1.34. The lowest BCUT2D eigenvalue weighted by Crippen LogP contribution is -2.08. The van der Waals surface area contributed by atoms with Crippen LogP contribution in [0.4, 0.5) is 0 Å². The van der Waals surface area contributed by atoms with Gasteiger partial charge >= 0.3 is 20.6 Å². The van der Waals surface area contributed by atoms with Gasteiger partial charge in [0.1, 0.15) is 6.29 Å². The lowest BCUT2D eigenvalue weighted by atomic mass is 10.2. The first-order chi connectivity index (χ1) is 9.27. The summed E-state index contributed by atoms with van der Waals surface area (Å²) in [6.45, 7) is 0. The fourth-order valence-electron chi connectivity index (χ4n) is 0.768. The molecule has 0 fully saturated rings. The second-order valence-electron chi connectivity index (χ2n) is 3.08. The largest absolute Gasteiger partial charge is 0.504 e. The highest BCUT2D eigenvalue weighted by molar-refractivity contribution is 7.83. The van der Waals surface area contributed by atoms with Gasteiger partial charge in [-0.25, -0.2) is 10.3 Å². The first-order valence-electron chi connectivity index (χ1n) is 4.60. The van der Waals surface area contributed by atoms with Crippen LogP contribution in [0.3, 0.4) is 0 Å². The van der Waals surface area contributed by atoms with E-state index in [9.17, 15) is 4.79 Å². The summed E-state index contributed by atoms with van der Waals surface area (Å²) in [5.74, 6) is 0.354. The zero-order valence-electron chi connectivity index (χ0n) is 10.6. The number of hydrogen-bond acceptors (Lipinski definition) is 7. The number of phenols is 1. The van der Waals surface area contributed by atoms with E-state index in [4.69, 9.17) is 35.8 Å². The van der Waals surface area contributed by atoms with Crippen LogP contribution in [0.2, 0.25) is 0 Å². The molecule has 11 nitrogen and oxygen atoms in total. The predicted octanol–water partition coefficient (Wildman–Crippen LogP) is -1.29. The van der Waals surface area contributed by atoms with E-state index in [0.717, 1.165) is 0 Å². The maximum Gasteiger partial charge on any atom is 0.330 e. The van der Waals surface area contributed by atoms with E-state index in [1.165, 1.54) is 25.3 Å². The van der Waals surface area contributed by atoms with Crippen LogP contribution in [-0.2, 0) is 20.6 Å².